The molecule has 0 amide bonds. The largest absolute Gasteiger partial charge is 0.335 e. The summed E-state index contributed by atoms with van der Waals surface area (Å²) in [6.45, 7) is 4.24. The van der Waals surface area contributed by atoms with Crippen LogP contribution in [0.25, 0.3) is 0 Å². The lowest BCUT2D eigenvalue weighted by molar-refractivity contribution is 0.581. The number of unbranched alkanes of at least 4 members (excludes halogenated alkanes) is 1. The second-order valence-corrected chi connectivity index (χ2v) is 2.98. The number of aryl methyl sites for hydroxylation is 2. The van der Waals surface area contributed by atoms with Crippen LogP contribution in [0.1, 0.15) is 18.7 Å². The minimum Gasteiger partial charge on any atom is -0.335 e. The van der Waals surface area contributed by atoms with Gasteiger partial charge >= 0.3 is 0 Å². The first-order valence-electron chi connectivity index (χ1n) is 4.47. The molecule has 0 spiro atoms. The topological polar surface area (TPSA) is 29.9 Å². The Bertz CT molecular complexity index is 217. The molecule has 1 aromatic heterocycles. The summed E-state index contributed by atoms with van der Waals surface area (Å²) in [7, 11) is 1.99. The summed E-state index contributed by atoms with van der Waals surface area (Å²) in [5.74, 6) is 1.11. The fraction of sp³-hybridized carbons (Fsp3) is 0.667. The molecule has 1 heterocycles. The predicted octanol–water partition coefficient (Wildman–Crippen LogP) is 1.19. The average molecular weight is 167 g/mol. The molecule has 68 valence electrons. The molecule has 1 rings (SSSR count). The zero-order valence-electron chi connectivity index (χ0n) is 7.88. The summed E-state index contributed by atoms with van der Waals surface area (Å²) < 4.78 is 2.19. The first-order chi connectivity index (χ1) is 5.84. The van der Waals surface area contributed by atoms with E-state index in [4.69, 9.17) is 0 Å². The van der Waals surface area contributed by atoms with Crippen LogP contribution in [0.15, 0.2) is 12.4 Å². The van der Waals surface area contributed by atoms with Crippen LogP contribution in [0.3, 0.4) is 0 Å². The van der Waals surface area contributed by atoms with Crippen molar-refractivity contribution in [2.45, 2.75) is 26.3 Å². The molecule has 0 radical (unpaired) electrons. The zero-order valence-corrected chi connectivity index (χ0v) is 7.88. The highest BCUT2D eigenvalue weighted by Crippen LogP contribution is 1.98. The van der Waals surface area contributed by atoms with E-state index >= 15 is 0 Å². The van der Waals surface area contributed by atoms with Crippen LogP contribution in [0.5, 0.6) is 0 Å². The Balaban J connectivity index is 2.20. The summed E-state index contributed by atoms with van der Waals surface area (Å²) in [6, 6.07) is 0. The van der Waals surface area contributed by atoms with Crippen molar-refractivity contribution in [3.63, 3.8) is 0 Å². The van der Waals surface area contributed by atoms with E-state index in [0.717, 1.165) is 18.9 Å². The molecule has 3 nitrogen and oxygen atoms in total. The molecule has 0 saturated heterocycles. The van der Waals surface area contributed by atoms with Crippen molar-refractivity contribution in [1.82, 2.24) is 14.9 Å². The molecule has 1 aromatic rings. The fourth-order valence-corrected chi connectivity index (χ4v) is 1.22. The van der Waals surface area contributed by atoms with Gasteiger partial charge in [0.2, 0.25) is 0 Å². The minimum atomic E-state index is 1.09. The lowest BCUT2D eigenvalue weighted by Crippen LogP contribution is -2.09. The third kappa shape index (κ3) is 2.66. The van der Waals surface area contributed by atoms with Gasteiger partial charge < -0.3 is 9.88 Å². The van der Waals surface area contributed by atoms with Gasteiger partial charge in [-0.2, -0.15) is 0 Å². The number of rotatable bonds is 5. The smallest absolute Gasteiger partial charge is 0.105 e. The van der Waals surface area contributed by atoms with E-state index in [1.165, 1.54) is 12.8 Å². The molecule has 0 atom stereocenters. The quantitative estimate of drug-likeness (QED) is 0.668. The van der Waals surface area contributed by atoms with Crippen molar-refractivity contribution in [3.05, 3.63) is 18.2 Å². The highest BCUT2D eigenvalue weighted by molar-refractivity contribution is 4.87. The van der Waals surface area contributed by atoms with Crippen molar-refractivity contribution < 1.29 is 0 Å². The van der Waals surface area contributed by atoms with Crippen molar-refractivity contribution >= 4 is 0 Å². The molecular weight excluding hydrogens is 150 g/mol. The molecule has 0 aliphatic rings. The first-order valence-corrected chi connectivity index (χ1v) is 4.47. The highest BCUT2D eigenvalue weighted by atomic mass is 15.0. The molecule has 0 fully saturated rings. The van der Waals surface area contributed by atoms with Gasteiger partial charge in [-0.3, -0.25) is 0 Å². The van der Waals surface area contributed by atoms with Crippen LogP contribution in [-0.2, 0) is 6.54 Å². The third-order valence-electron chi connectivity index (χ3n) is 2.00. The van der Waals surface area contributed by atoms with Gasteiger partial charge in [-0.05, 0) is 33.4 Å². The van der Waals surface area contributed by atoms with Crippen LogP contribution < -0.4 is 5.32 Å². The monoisotopic (exact) mass is 167 g/mol. The van der Waals surface area contributed by atoms with Gasteiger partial charge in [0.25, 0.3) is 0 Å². The number of aromatic nitrogens is 2. The van der Waals surface area contributed by atoms with Gasteiger partial charge in [0.1, 0.15) is 5.82 Å². The standard InChI is InChI=1S/C9H17N3/c1-9-11-6-8-12(9)7-4-3-5-10-2/h6,8,10H,3-5,7H2,1-2H3. The Morgan fingerprint density at radius 3 is 2.92 bits per heavy atom. The van der Waals surface area contributed by atoms with Gasteiger partial charge in [-0.25, -0.2) is 4.98 Å². The Hall–Kier alpha value is -0.830. The van der Waals surface area contributed by atoms with Crippen LogP contribution in [0.2, 0.25) is 0 Å². The molecule has 12 heavy (non-hydrogen) atoms. The molecular formula is C9H17N3. The fourth-order valence-electron chi connectivity index (χ4n) is 1.22. The van der Waals surface area contributed by atoms with Crippen LogP contribution >= 0.6 is 0 Å². The van der Waals surface area contributed by atoms with Crippen LogP contribution in [0.4, 0.5) is 0 Å². The third-order valence-corrected chi connectivity index (χ3v) is 2.00. The Kier molecular flexibility index (Phi) is 3.80. The number of hydrogen-bond acceptors (Lipinski definition) is 2. The van der Waals surface area contributed by atoms with E-state index in [1.54, 1.807) is 0 Å². The maximum absolute atomic E-state index is 4.16. The van der Waals surface area contributed by atoms with Gasteiger partial charge in [-0.15, -0.1) is 0 Å². The molecule has 0 bridgehead atoms. The van der Waals surface area contributed by atoms with Crippen molar-refractivity contribution in [1.29, 1.82) is 0 Å². The minimum absolute atomic E-state index is 1.09. The first kappa shape index (κ1) is 9.26. The van der Waals surface area contributed by atoms with E-state index in [0.29, 0.717) is 0 Å². The van der Waals surface area contributed by atoms with E-state index < -0.39 is 0 Å². The van der Waals surface area contributed by atoms with Gasteiger partial charge in [-0.1, -0.05) is 0 Å². The summed E-state index contributed by atoms with van der Waals surface area (Å²) in [5.41, 5.74) is 0. The Labute approximate surface area is 73.8 Å². The molecule has 0 aliphatic heterocycles. The van der Waals surface area contributed by atoms with Gasteiger partial charge in [0.05, 0.1) is 0 Å². The van der Waals surface area contributed by atoms with Crippen LogP contribution in [0, 0.1) is 6.92 Å². The summed E-state index contributed by atoms with van der Waals surface area (Å²) in [5, 5.41) is 3.14. The average Bonchev–Trinajstić information content (AvgIpc) is 2.46. The molecule has 0 saturated carbocycles. The molecule has 1 N–H and O–H groups in total. The second kappa shape index (κ2) is 4.93. The van der Waals surface area contributed by atoms with E-state index in [-0.39, 0.29) is 0 Å². The van der Waals surface area contributed by atoms with E-state index in [2.05, 4.69) is 14.9 Å². The van der Waals surface area contributed by atoms with E-state index in [9.17, 15) is 0 Å². The summed E-state index contributed by atoms with van der Waals surface area (Å²) in [6.07, 6.45) is 6.34. The number of hydrogen-bond donors (Lipinski definition) is 1. The summed E-state index contributed by atoms with van der Waals surface area (Å²) >= 11 is 0. The molecule has 0 aliphatic carbocycles. The number of imidazole rings is 1. The predicted molar refractivity (Wildman–Crippen MR) is 50.1 cm³/mol. The number of nitrogens with one attached hydrogen (secondary N) is 1. The lowest BCUT2D eigenvalue weighted by atomic mass is 10.3. The molecule has 3 heteroatoms. The van der Waals surface area contributed by atoms with Gasteiger partial charge in [0.15, 0.2) is 0 Å². The normalized spacial score (nSPS) is 10.5. The molecule has 0 aromatic carbocycles. The lowest BCUT2D eigenvalue weighted by Gasteiger charge is -2.03. The van der Waals surface area contributed by atoms with Crippen molar-refractivity contribution in [3.8, 4) is 0 Å². The second-order valence-electron chi connectivity index (χ2n) is 2.98. The Morgan fingerprint density at radius 1 is 1.50 bits per heavy atom. The van der Waals surface area contributed by atoms with Crippen molar-refractivity contribution in [2.24, 2.45) is 0 Å². The Morgan fingerprint density at radius 2 is 2.33 bits per heavy atom. The van der Waals surface area contributed by atoms with Crippen LogP contribution in [-0.4, -0.2) is 23.1 Å². The van der Waals surface area contributed by atoms with Crippen molar-refractivity contribution in [2.75, 3.05) is 13.6 Å². The summed E-state index contributed by atoms with van der Waals surface area (Å²) in [4.78, 5) is 4.16. The number of nitrogens with zero attached hydrogens (tertiary/aromatic N) is 2. The van der Waals surface area contributed by atoms with Gasteiger partial charge in [0, 0.05) is 18.9 Å². The molecule has 0 unspecified atom stereocenters. The SMILES string of the molecule is CNCCCCn1ccnc1C. The highest BCUT2D eigenvalue weighted by Gasteiger charge is 1.94. The maximum atomic E-state index is 4.16. The zero-order chi connectivity index (χ0) is 8.81. The maximum Gasteiger partial charge on any atom is 0.105 e. The van der Waals surface area contributed by atoms with E-state index in [1.807, 2.05) is 26.4 Å².